The molecule has 0 N–H and O–H groups in total. The summed E-state index contributed by atoms with van der Waals surface area (Å²) in [6, 6.07) is 9.17. The Morgan fingerprint density at radius 3 is 2.81 bits per heavy atom. The molecule has 0 unspecified atom stereocenters. The van der Waals surface area contributed by atoms with Crippen LogP contribution in [0, 0.1) is 0 Å². The molecule has 0 amide bonds. The van der Waals surface area contributed by atoms with Crippen LogP contribution in [-0.2, 0) is 11.5 Å². The zero-order chi connectivity index (χ0) is 19.0. The summed E-state index contributed by atoms with van der Waals surface area (Å²) in [5, 5.41) is 1.54. The summed E-state index contributed by atoms with van der Waals surface area (Å²) in [5.74, 6) is 0. The highest BCUT2D eigenvalue weighted by molar-refractivity contribution is 6.76. The molecule has 5 nitrogen and oxygen atoms in total. The minimum atomic E-state index is -1.11. The third-order valence-electron chi connectivity index (χ3n) is 4.62. The summed E-state index contributed by atoms with van der Waals surface area (Å²) in [4.78, 5) is 8.93. The van der Waals surface area contributed by atoms with Gasteiger partial charge in [0.1, 0.15) is 23.2 Å². The molecule has 0 radical (unpaired) electrons. The molecule has 0 fully saturated rings. The Hall–Kier alpha value is -2.15. The molecule has 140 valence electrons. The van der Waals surface area contributed by atoms with Crippen molar-refractivity contribution in [1.82, 2.24) is 18.9 Å². The molecule has 0 aliphatic rings. The van der Waals surface area contributed by atoms with E-state index in [1.807, 2.05) is 33.5 Å². The second-order valence-corrected chi connectivity index (χ2v) is 14.0. The molecule has 4 rings (SSSR count). The van der Waals surface area contributed by atoms with Crippen LogP contribution in [0.5, 0.6) is 0 Å². The number of pyridine rings is 2. The van der Waals surface area contributed by atoms with Crippen LogP contribution in [0.3, 0.4) is 0 Å². The van der Waals surface area contributed by atoms with Gasteiger partial charge in [-0.1, -0.05) is 31.2 Å². The van der Waals surface area contributed by atoms with Gasteiger partial charge in [-0.2, -0.15) is 0 Å². The van der Waals surface area contributed by atoms with E-state index in [0.29, 0.717) is 11.9 Å². The lowest BCUT2D eigenvalue weighted by Crippen LogP contribution is -2.22. The number of rotatable bonds is 6. The van der Waals surface area contributed by atoms with Crippen LogP contribution < -0.4 is 0 Å². The van der Waals surface area contributed by atoms with Crippen molar-refractivity contribution >= 4 is 36.4 Å². The zero-order valence-corrected chi connectivity index (χ0v) is 17.6. The Balaban J connectivity index is 1.68. The molecule has 0 atom stereocenters. The standard InChI is InChI=1S/C20H23ClN4OSi/c1-27(2,3)11-10-26-14-25-13-17(16-4-5-18(21)23-20(16)25)15-6-8-24-9-7-22-19(24)12-15/h4-9,12-13H,10-11,14H2,1-3H3. The maximum Gasteiger partial charge on any atom is 0.144 e. The first kappa shape index (κ1) is 18.2. The molecule has 7 heteroatoms. The fourth-order valence-corrected chi connectivity index (χ4v) is 3.99. The first-order valence-corrected chi connectivity index (χ1v) is 13.2. The first-order chi connectivity index (χ1) is 12.9. The average Bonchev–Trinajstić information content (AvgIpc) is 3.21. The summed E-state index contributed by atoms with van der Waals surface area (Å²) in [5.41, 5.74) is 3.97. The second kappa shape index (κ2) is 7.11. The van der Waals surface area contributed by atoms with E-state index in [0.717, 1.165) is 40.5 Å². The molecular weight excluding hydrogens is 376 g/mol. The monoisotopic (exact) mass is 398 g/mol. The molecule has 0 aromatic carbocycles. The van der Waals surface area contributed by atoms with Gasteiger partial charge in [0, 0.05) is 50.4 Å². The van der Waals surface area contributed by atoms with Crippen molar-refractivity contribution in [3.8, 4) is 11.1 Å². The SMILES string of the molecule is C[Si](C)(C)CCOCn1cc(-c2ccn3ccnc3c2)c2ccc(Cl)nc21. The molecule has 0 bridgehead atoms. The van der Waals surface area contributed by atoms with E-state index in [1.54, 1.807) is 6.20 Å². The van der Waals surface area contributed by atoms with E-state index >= 15 is 0 Å². The fraction of sp³-hybridized carbons (Fsp3) is 0.300. The molecular formula is C20H23ClN4OSi. The number of imidazole rings is 1. The third kappa shape index (κ3) is 3.93. The van der Waals surface area contributed by atoms with Crippen LogP contribution >= 0.6 is 11.6 Å². The maximum absolute atomic E-state index is 6.16. The van der Waals surface area contributed by atoms with E-state index in [2.05, 4.69) is 47.9 Å². The zero-order valence-electron chi connectivity index (χ0n) is 15.8. The molecule has 4 heterocycles. The van der Waals surface area contributed by atoms with Crippen molar-refractivity contribution in [3.63, 3.8) is 0 Å². The summed E-state index contributed by atoms with van der Waals surface area (Å²) in [7, 11) is -1.11. The summed E-state index contributed by atoms with van der Waals surface area (Å²) in [6.07, 6.45) is 7.86. The number of hydrogen-bond acceptors (Lipinski definition) is 3. The molecule has 0 aliphatic heterocycles. The fourth-order valence-electron chi connectivity index (χ4n) is 3.09. The largest absolute Gasteiger partial charge is 0.361 e. The molecule has 0 aliphatic carbocycles. The van der Waals surface area contributed by atoms with Gasteiger partial charge >= 0.3 is 0 Å². The predicted molar refractivity (Wildman–Crippen MR) is 113 cm³/mol. The van der Waals surface area contributed by atoms with Crippen molar-refractivity contribution in [2.45, 2.75) is 32.4 Å². The van der Waals surface area contributed by atoms with E-state index < -0.39 is 8.07 Å². The summed E-state index contributed by atoms with van der Waals surface area (Å²) in [6.45, 7) is 8.30. The van der Waals surface area contributed by atoms with Gasteiger partial charge in [0.25, 0.3) is 0 Å². The normalized spacial score (nSPS) is 12.3. The van der Waals surface area contributed by atoms with E-state index in [9.17, 15) is 0 Å². The van der Waals surface area contributed by atoms with E-state index in [4.69, 9.17) is 16.3 Å². The van der Waals surface area contributed by atoms with Crippen molar-refractivity contribution in [2.75, 3.05) is 6.61 Å². The highest BCUT2D eigenvalue weighted by Crippen LogP contribution is 2.31. The van der Waals surface area contributed by atoms with Crippen LogP contribution in [0.1, 0.15) is 0 Å². The van der Waals surface area contributed by atoms with Crippen LogP contribution in [0.25, 0.3) is 27.8 Å². The van der Waals surface area contributed by atoms with Gasteiger partial charge in [0.05, 0.1) is 0 Å². The van der Waals surface area contributed by atoms with Gasteiger partial charge in [-0.3, -0.25) is 0 Å². The van der Waals surface area contributed by atoms with Crippen molar-refractivity contribution in [3.05, 3.63) is 54.2 Å². The van der Waals surface area contributed by atoms with Crippen LogP contribution in [0.2, 0.25) is 30.8 Å². The van der Waals surface area contributed by atoms with E-state index in [1.165, 1.54) is 0 Å². The minimum absolute atomic E-state index is 0.472. The minimum Gasteiger partial charge on any atom is -0.361 e. The number of halogens is 1. The smallest absolute Gasteiger partial charge is 0.144 e. The van der Waals surface area contributed by atoms with Gasteiger partial charge in [0.2, 0.25) is 0 Å². The summed E-state index contributed by atoms with van der Waals surface area (Å²) < 4.78 is 9.98. The number of nitrogens with zero attached hydrogens (tertiary/aromatic N) is 4. The van der Waals surface area contributed by atoms with Gasteiger partial charge in [-0.05, 0) is 35.9 Å². The predicted octanol–water partition coefficient (Wildman–Crippen LogP) is 5.32. The second-order valence-electron chi connectivity index (χ2n) is 7.97. The lowest BCUT2D eigenvalue weighted by Gasteiger charge is -2.15. The molecule has 4 aromatic rings. The highest BCUT2D eigenvalue weighted by Gasteiger charge is 2.15. The molecule has 4 aromatic heterocycles. The Labute approximate surface area is 164 Å². The lowest BCUT2D eigenvalue weighted by molar-refractivity contribution is 0.0899. The Bertz CT molecular complexity index is 1100. The van der Waals surface area contributed by atoms with Crippen LogP contribution in [0.15, 0.2) is 49.1 Å². The highest BCUT2D eigenvalue weighted by atomic mass is 35.5. The lowest BCUT2D eigenvalue weighted by atomic mass is 10.1. The number of ether oxygens (including phenoxy) is 1. The summed E-state index contributed by atoms with van der Waals surface area (Å²) >= 11 is 6.16. The van der Waals surface area contributed by atoms with Crippen molar-refractivity contribution < 1.29 is 4.74 Å². The van der Waals surface area contributed by atoms with Crippen molar-refractivity contribution in [2.24, 2.45) is 0 Å². The Kier molecular flexibility index (Phi) is 4.80. The van der Waals surface area contributed by atoms with Gasteiger partial charge in [-0.25, -0.2) is 9.97 Å². The molecule has 0 saturated heterocycles. The number of fused-ring (bicyclic) bond motifs is 2. The van der Waals surface area contributed by atoms with Gasteiger partial charge < -0.3 is 13.7 Å². The van der Waals surface area contributed by atoms with Gasteiger partial charge in [-0.15, -0.1) is 0 Å². The molecule has 0 saturated carbocycles. The number of hydrogen-bond donors (Lipinski definition) is 0. The first-order valence-electron chi connectivity index (χ1n) is 9.07. The van der Waals surface area contributed by atoms with Crippen molar-refractivity contribution in [1.29, 1.82) is 0 Å². The molecule has 0 spiro atoms. The van der Waals surface area contributed by atoms with E-state index in [-0.39, 0.29) is 0 Å². The topological polar surface area (TPSA) is 44.4 Å². The maximum atomic E-state index is 6.16. The Morgan fingerprint density at radius 1 is 1.15 bits per heavy atom. The van der Waals surface area contributed by atoms with Gasteiger partial charge in [0.15, 0.2) is 0 Å². The molecule has 27 heavy (non-hydrogen) atoms. The quantitative estimate of drug-likeness (QED) is 0.251. The third-order valence-corrected chi connectivity index (χ3v) is 6.54. The number of aromatic nitrogens is 4. The van der Waals surface area contributed by atoms with Crippen LogP contribution in [-0.4, -0.2) is 33.6 Å². The average molecular weight is 399 g/mol. The Morgan fingerprint density at radius 2 is 2.00 bits per heavy atom. The van der Waals surface area contributed by atoms with Crippen LogP contribution in [0.4, 0.5) is 0 Å².